The predicted molar refractivity (Wildman–Crippen MR) is 45.4 cm³/mol. The summed E-state index contributed by atoms with van der Waals surface area (Å²) in [6.07, 6.45) is 1.67. The molecule has 58 valence electrons. The second-order valence-corrected chi connectivity index (χ2v) is 3.31. The Morgan fingerprint density at radius 3 is 2.27 bits per heavy atom. The van der Waals surface area contributed by atoms with E-state index in [-0.39, 0.29) is 0 Å². The van der Waals surface area contributed by atoms with Crippen molar-refractivity contribution in [2.45, 2.75) is 13.8 Å². The van der Waals surface area contributed by atoms with Crippen LogP contribution in [0.25, 0.3) is 0 Å². The predicted octanol–water partition coefficient (Wildman–Crippen LogP) is 1.75. The number of carbonyl (C=O) groups is 2. The standard InChI is InChI=1S/C8H7BrO2/c1-4-3-6(9)8(11)7(10)5(4)2/h3H,1-2H3. The van der Waals surface area contributed by atoms with Crippen molar-refractivity contribution in [1.29, 1.82) is 0 Å². The van der Waals surface area contributed by atoms with Crippen LogP contribution < -0.4 is 0 Å². The van der Waals surface area contributed by atoms with Crippen LogP contribution in [0.5, 0.6) is 0 Å². The van der Waals surface area contributed by atoms with Crippen LogP contribution >= 0.6 is 15.9 Å². The molecule has 1 aliphatic rings. The summed E-state index contributed by atoms with van der Waals surface area (Å²) in [7, 11) is 0. The molecule has 0 atom stereocenters. The lowest BCUT2D eigenvalue weighted by molar-refractivity contribution is -0.131. The van der Waals surface area contributed by atoms with Gasteiger partial charge in [0.25, 0.3) is 0 Å². The van der Waals surface area contributed by atoms with Crippen LogP contribution in [0.4, 0.5) is 0 Å². The van der Waals surface area contributed by atoms with Gasteiger partial charge in [-0.25, -0.2) is 0 Å². The highest BCUT2D eigenvalue weighted by molar-refractivity contribution is 9.12. The smallest absolute Gasteiger partial charge is 0.240 e. The van der Waals surface area contributed by atoms with E-state index < -0.39 is 11.6 Å². The molecule has 0 saturated heterocycles. The van der Waals surface area contributed by atoms with Gasteiger partial charge in [-0.3, -0.25) is 9.59 Å². The Kier molecular flexibility index (Phi) is 2.09. The lowest BCUT2D eigenvalue weighted by atomic mass is 9.98. The quantitative estimate of drug-likeness (QED) is 0.455. The maximum atomic E-state index is 11.1. The van der Waals surface area contributed by atoms with Crippen LogP contribution in [0.3, 0.4) is 0 Å². The number of allylic oxidation sites excluding steroid dienone is 4. The van der Waals surface area contributed by atoms with Gasteiger partial charge in [0.1, 0.15) is 0 Å². The molecule has 0 unspecified atom stereocenters. The van der Waals surface area contributed by atoms with Crippen molar-refractivity contribution < 1.29 is 9.59 Å². The minimum absolute atomic E-state index is 0.352. The lowest BCUT2D eigenvalue weighted by Gasteiger charge is -2.08. The van der Waals surface area contributed by atoms with E-state index in [2.05, 4.69) is 15.9 Å². The normalized spacial score (nSPS) is 19.0. The summed E-state index contributed by atoms with van der Waals surface area (Å²) >= 11 is 3.02. The van der Waals surface area contributed by atoms with Gasteiger partial charge in [-0.15, -0.1) is 0 Å². The second kappa shape index (κ2) is 2.74. The summed E-state index contributed by atoms with van der Waals surface area (Å²) in [5.74, 6) is -0.857. The van der Waals surface area contributed by atoms with E-state index in [1.807, 2.05) is 0 Å². The van der Waals surface area contributed by atoms with Gasteiger partial charge in [0.15, 0.2) is 0 Å². The zero-order valence-corrected chi connectivity index (χ0v) is 7.86. The van der Waals surface area contributed by atoms with Gasteiger partial charge in [0, 0.05) is 5.57 Å². The van der Waals surface area contributed by atoms with E-state index in [1.165, 1.54) is 0 Å². The Balaban J connectivity index is 3.22. The van der Waals surface area contributed by atoms with Crippen molar-refractivity contribution in [2.75, 3.05) is 0 Å². The summed E-state index contributed by atoms with van der Waals surface area (Å²) in [6.45, 7) is 3.46. The molecule has 0 aromatic rings. The molecule has 11 heavy (non-hydrogen) atoms. The number of ketones is 2. The molecule has 0 spiro atoms. The zero-order chi connectivity index (χ0) is 8.59. The third-order valence-electron chi connectivity index (χ3n) is 1.70. The SMILES string of the molecule is CC1=C(C)C(=O)C(=O)C(Br)=C1. The Hall–Kier alpha value is -0.700. The minimum atomic E-state index is -0.451. The van der Waals surface area contributed by atoms with Gasteiger partial charge >= 0.3 is 0 Å². The van der Waals surface area contributed by atoms with Crippen molar-refractivity contribution in [2.24, 2.45) is 0 Å². The largest absolute Gasteiger partial charge is 0.285 e. The van der Waals surface area contributed by atoms with E-state index in [9.17, 15) is 9.59 Å². The number of Topliss-reactive ketones (excluding diaryl/α,β-unsaturated/α-hetero) is 2. The maximum absolute atomic E-state index is 11.1. The molecule has 2 nitrogen and oxygen atoms in total. The van der Waals surface area contributed by atoms with Crippen LogP contribution in [0, 0.1) is 0 Å². The highest BCUT2D eigenvalue weighted by Gasteiger charge is 2.23. The van der Waals surface area contributed by atoms with Crippen molar-refractivity contribution in [3.63, 3.8) is 0 Å². The molecule has 0 amide bonds. The second-order valence-electron chi connectivity index (χ2n) is 2.46. The fraction of sp³-hybridized carbons (Fsp3) is 0.250. The van der Waals surface area contributed by atoms with Crippen LogP contribution in [0.1, 0.15) is 13.8 Å². The van der Waals surface area contributed by atoms with Crippen molar-refractivity contribution in [1.82, 2.24) is 0 Å². The molecular formula is C8H7BrO2. The van der Waals surface area contributed by atoms with Gasteiger partial charge < -0.3 is 0 Å². The number of carbonyl (C=O) groups excluding carboxylic acids is 2. The third-order valence-corrected chi connectivity index (χ3v) is 2.29. The van der Waals surface area contributed by atoms with Gasteiger partial charge in [0.2, 0.25) is 11.6 Å². The van der Waals surface area contributed by atoms with Crippen LogP contribution in [-0.2, 0) is 9.59 Å². The summed E-state index contributed by atoms with van der Waals surface area (Å²) in [4.78, 5) is 22.0. The van der Waals surface area contributed by atoms with Crippen molar-refractivity contribution in [3.8, 4) is 0 Å². The van der Waals surface area contributed by atoms with Gasteiger partial charge in [0.05, 0.1) is 4.48 Å². The molecule has 0 aromatic heterocycles. The first-order valence-corrected chi connectivity index (χ1v) is 3.97. The molecule has 1 aliphatic carbocycles. The highest BCUT2D eigenvalue weighted by Crippen LogP contribution is 2.21. The van der Waals surface area contributed by atoms with Crippen molar-refractivity contribution in [3.05, 3.63) is 21.7 Å². The molecular weight excluding hydrogens is 208 g/mol. The molecule has 0 radical (unpaired) electrons. The fourth-order valence-corrected chi connectivity index (χ4v) is 1.35. The maximum Gasteiger partial charge on any atom is 0.240 e. The van der Waals surface area contributed by atoms with Crippen molar-refractivity contribution >= 4 is 27.5 Å². The molecule has 0 heterocycles. The van der Waals surface area contributed by atoms with Crippen LogP contribution in [-0.4, -0.2) is 11.6 Å². The molecule has 0 saturated carbocycles. The number of halogens is 1. The van der Waals surface area contributed by atoms with E-state index >= 15 is 0 Å². The Bertz CT molecular complexity index is 293. The third kappa shape index (κ3) is 1.33. The summed E-state index contributed by atoms with van der Waals surface area (Å²) in [5.41, 5.74) is 1.39. The number of rotatable bonds is 0. The first-order chi connectivity index (χ1) is 5.04. The number of hydrogen-bond donors (Lipinski definition) is 0. The Labute approximate surface area is 73.1 Å². The molecule has 0 bridgehead atoms. The Morgan fingerprint density at radius 2 is 1.73 bits per heavy atom. The fourth-order valence-electron chi connectivity index (χ4n) is 0.822. The highest BCUT2D eigenvalue weighted by atomic mass is 79.9. The summed E-state index contributed by atoms with van der Waals surface area (Å²) in [5, 5.41) is 0. The summed E-state index contributed by atoms with van der Waals surface area (Å²) in [6, 6.07) is 0. The first kappa shape index (κ1) is 8.40. The Morgan fingerprint density at radius 1 is 1.18 bits per heavy atom. The van der Waals surface area contributed by atoms with E-state index in [0.717, 1.165) is 5.57 Å². The average Bonchev–Trinajstić information content (AvgIpc) is 1.97. The molecule has 0 fully saturated rings. The molecule has 0 aromatic carbocycles. The van der Waals surface area contributed by atoms with Gasteiger partial charge in [-0.1, -0.05) is 0 Å². The van der Waals surface area contributed by atoms with E-state index in [1.54, 1.807) is 19.9 Å². The van der Waals surface area contributed by atoms with E-state index in [0.29, 0.717) is 10.1 Å². The summed E-state index contributed by atoms with van der Waals surface area (Å²) < 4.78 is 0.352. The number of hydrogen-bond acceptors (Lipinski definition) is 2. The van der Waals surface area contributed by atoms with Gasteiger partial charge in [-0.05, 0) is 41.4 Å². The lowest BCUT2D eigenvalue weighted by Crippen LogP contribution is -2.19. The first-order valence-electron chi connectivity index (χ1n) is 3.17. The molecule has 3 heteroatoms. The monoisotopic (exact) mass is 214 g/mol. The molecule has 0 N–H and O–H groups in total. The molecule has 0 aliphatic heterocycles. The topological polar surface area (TPSA) is 34.1 Å². The average molecular weight is 215 g/mol. The van der Waals surface area contributed by atoms with Gasteiger partial charge in [-0.2, -0.15) is 0 Å². The minimum Gasteiger partial charge on any atom is -0.285 e. The van der Waals surface area contributed by atoms with E-state index in [4.69, 9.17) is 0 Å². The van der Waals surface area contributed by atoms with Crippen LogP contribution in [0.2, 0.25) is 0 Å². The zero-order valence-electron chi connectivity index (χ0n) is 6.27. The molecule has 1 rings (SSSR count). The van der Waals surface area contributed by atoms with Crippen LogP contribution in [0.15, 0.2) is 21.7 Å².